The Morgan fingerprint density at radius 1 is 1.43 bits per heavy atom. The Bertz CT molecular complexity index is 587. The quantitative estimate of drug-likeness (QED) is 0.886. The van der Waals surface area contributed by atoms with Gasteiger partial charge in [0, 0.05) is 13.0 Å². The van der Waals surface area contributed by atoms with Crippen LogP contribution in [0.1, 0.15) is 25.6 Å². The number of nitrogens with one attached hydrogen (secondary N) is 1. The van der Waals surface area contributed by atoms with Gasteiger partial charge in [0.15, 0.2) is 0 Å². The Kier molecular flexibility index (Phi) is 4.56. The van der Waals surface area contributed by atoms with Gasteiger partial charge < -0.3 is 15.0 Å². The number of hydrogen-bond donors (Lipinski definition) is 2. The first-order chi connectivity index (χ1) is 10.3. The van der Waals surface area contributed by atoms with Crippen LogP contribution in [0.3, 0.4) is 0 Å². The van der Waals surface area contributed by atoms with Crippen molar-refractivity contribution in [3.63, 3.8) is 0 Å². The average molecular weight is 287 g/mol. The molecule has 2 unspecified atom stereocenters. The van der Waals surface area contributed by atoms with Crippen molar-refractivity contribution in [3.8, 4) is 0 Å². The van der Waals surface area contributed by atoms with Gasteiger partial charge in [0.25, 0.3) is 0 Å². The highest BCUT2D eigenvalue weighted by atomic mass is 16.3. The van der Waals surface area contributed by atoms with E-state index in [0.717, 1.165) is 42.3 Å². The van der Waals surface area contributed by atoms with Crippen molar-refractivity contribution in [2.75, 3.05) is 19.7 Å². The molecule has 1 aliphatic heterocycles. The number of aromatic nitrogens is 2. The first-order valence-electron chi connectivity index (χ1n) is 8.05. The molecule has 0 saturated carbocycles. The number of fused-ring (bicyclic) bond motifs is 1. The third-order valence-electron chi connectivity index (χ3n) is 4.70. The highest BCUT2D eigenvalue weighted by molar-refractivity contribution is 5.75. The molecule has 1 aromatic heterocycles. The fourth-order valence-corrected chi connectivity index (χ4v) is 3.45. The summed E-state index contributed by atoms with van der Waals surface area (Å²) in [6, 6.07) is 8.21. The zero-order chi connectivity index (χ0) is 14.7. The number of nitrogens with zero attached hydrogens (tertiary/aromatic N) is 2. The Morgan fingerprint density at radius 2 is 2.29 bits per heavy atom. The number of piperidine rings is 1. The fraction of sp³-hybridized carbons (Fsp3) is 0.588. The molecule has 1 saturated heterocycles. The Hall–Kier alpha value is -1.39. The van der Waals surface area contributed by atoms with Crippen molar-refractivity contribution in [3.05, 3.63) is 30.1 Å². The van der Waals surface area contributed by atoms with Crippen LogP contribution in [0.4, 0.5) is 0 Å². The van der Waals surface area contributed by atoms with Crippen LogP contribution in [0.15, 0.2) is 24.3 Å². The van der Waals surface area contributed by atoms with E-state index in [1.54, 1.807) is 0 Å². The summed E-state index contributed by atoms with van der Waals surface area (Å²) < 4.78 is 2.18. The van der Waals surface area contributed by atoms with Gasteiger partial charge in [0.1, 0.15) is 5.82 Å². The van der Waals surface area contributed by atoms with E-state index in [0.29, 0.717) is 12.5 Å². The van der Waals surface area contributed by atoms with E-state index in [9.17, 15) is 5.11 Å². The van der Waals surface area contributed by atoms with E-state index in [-0.39, 0.29) is 6.61 Å². The Morgan fingerprint density at radius 3 is 3.05 bits per heavy atom. The Labute approximate surface area is 126 Å². The fourth-order valence-electron chi connectivity index (χ4n) is 3.45. The second kappa shape index (κ2) is 6.58. The van der Waals surface area contributed by atoms with Gasteiger partial charge in [-0.2, -0.15) is 0 Å². The molecule has 2 atom stereocenters. The molecule has 1 aromatic carbocycles. The molecule has 4 heteroatoms. The lowest BCUT2D eigenvalue weighted by Gasteiger charge is -2.28. The first-order valence-corrected chi connectivity index (χ1v) is 8.05. The van der Waals surface area contributed by atoms with Crippen LogP contribution in [-0.2, 0) is 13.0 Å². The zero-order valence-electron chi connectivity index (χ0n) is 12.8. The topological polar surface area (TPSA) is 50.1 Å². The molecule has 2 aromatic rings. The summed E-state index contributed by atoms with van der Waals surface area (Å²) in [4.78, 5) is 4.80. The number of benzene rings is 1. The molecule has 3 rings (SSSR count). The van der Waals surface area contributed by atoms with Gasteiger partial charge in [0.2, 0.25) is 0 Å². The maximum atomic E-state index is 9.35. The summed E-state index contributed by atoms with van der Waals surface area (Å²) in [7, 11) is 0. The minimum Gasteiger partial charge on any atom is -0.395 e. The van der Waals surface area contributed by atoms with Gasteiger partial charge in [0.05, 0.1) is 17.6 Å². The third kappa shape index (κ3) is 3.11. The SMILES string of the molecule is CC(Cc1nc2ccccc2n1CCO)C1CCCNC1. The van der Waals surface area contributed by atoms with Crippen LogP contribution < -0.4 is 5.32 Å². The second-order valence-electron chi connectivity index (χ2n) is 6.18. The lowest BCUT2D eigenvalue weighted by Crippen LogP contribution is -2.34. The van der Waals surface area contributed by atoms with Crippen LogP contribution in [0.5, 0.6) is 0 Å². The molecule has 0 aliphatic carbocycles. The summed E-state index contributed by atoms with van der Waals surface area (Å²) in [6.07, 6.45) is 3.58. The molecule has 21 heavy (non-hydrogen) atoms. The number of aliphatic hydroxyl groups excluding tert-OH is 1. The maximum Gasteiger partial charge on any atom is 0.110 e. The predicted octanol–water partition coefficient (Wildman–Crippen LogP) is 2.21. The number of hydrogen-bond acceptors (Lipinski definition) is 3. The molecule has 2 heterocycles. The molecule has 0 amide bonds. The number of aliphatic hydroxyl groups is 1. The molecule has 0 bridgehead atoms. The summed E-state index contributed by atoms with van der Waals surface area (Å²) in [5.74, 6) is 2.47. The first kappa shape index (κ1) is 14.5. The number of para-hydroxylation sites is 2. The molecule has 0 radical (unpaired) electrons. The van der Waals surface area contributed by atoms with Crippen LogP contribution in [-0.4, -0.2) is 34.4 Å². The molecule has 2 N–H and O–H groups in total. The van der Waals surface area contributed by atoms with Crippen molar-refractivity contribution in [2.45, 2.75) is 32.7 Å². The molecular formula is C17H25N3O. The summed E-state index contributed by atoms with van der Waals surface area (Å²) in [5, 5.41) is 12.8. The lowest BCUT2D eigenvalue weighted by atomic mass is 9.85. The van der Waals surface area contributed by atoms with E-state index in [1.807, 2.05) is 12.1 Å². The van der Waals surface area contributed by atoms with Crippen LogP contribution in [0.25, 0.3) is 11.0 Å². The smallest absolute Gasteiger partial charge is 0.110 e. The summed E-state index contributed by atoms with van der Waals surface area (Å²) >= 11 is 0. The van der Waals surface area contributed by atoms with Gasteiger partial charge >= 0.3 is 0 Å². The second-order valence-corrected chi connectivity index (χ2v) is 6.18. The normalized spacial score (nSPS) is 20.8. The van der Waals surface area contributed by atoms with E-state index in [4.69, 9.17) is 4.98 Å². The monoisotopic (exact) mass is 287 g/mol. The minimum atomic E-state index is 0.159. The van der Waals surface area contributed by atoms with Gasteiger partial charge in [-0.1, -0.05) is 19.1 Å². The number of imidazole rings is 1. The zero-order valence-corrected chi connectivity index (χ0v) is 12.8. The third-order valence-corrected chi connectivity index (χ3v) is 4.70. The summed E-state index contributed by atoms with van der Waals surface area (Å²) in [5.41, 5.74) is 2.17. The van der Waals surface area contributed by atoms with Gasteiger partial charge in [-0.15, -0.1) is 0 Å². The van der Waals surface area contributed by atoms with Crippen LogP contribution >= 0.6 is 0 Å². The lowest BCUT2D eigenvalue weighted by molar-refractivity contribution is 0.263. The van der Waals surface area contributed by atoms with Crippen molar-refractivity contribution >= 4 is 11.0 Å². The average Bonchev–Trinajstić information content (AvgIpc) is 2.86. The number of rotatable bonds is 5. The van der Waals surface area contributed by atoms with Crippen molar-refractivity contribution in [1.29, 1.82) is 0 Å². The van der Waals surface area contributed by atoms with E-state index in [2.05, 4.69) is 28.9 Å². The van der Waals surface area contributed by atoms with Gasteiger partial charge in [-0.3, -0.25) is 0 Å². The summed E-state index contributed by atoms with van der Waals surface area (Å²) in [6.45, 7) is 5.41. The molecule has 4 nitrogen and oxygen atoms in total. The standard InChI is InChI=1S/C17H25N3O/c1-13(14-5-4-8-18-12-14)11-17-19-15-6-2-3-7-16(15)20(17)9-10-21/h2-3,6-7,13-14,18,21H,4-5,8-12H2,1H3. The van der Waals surface area contributed by atoms with Crippen molar-refractivity contribution < 1.29 is 5.11 Å². The minimum absolute atomic E-state index is 0.159. The van der Waals surface area contributed by atoms with Crippen LogP contribution in [0, 0.1) is 11.8 Å². The molecule has 114 valence electrons. The Balaban J connectivity index is 1.83. The van der Waals surface area contributed by atoms with Crippen molar-refractivity contribution in [2.24, 2.45) is 11.8 Å². The predicted molar refractivity (Wildman–Crippen MR) is 85.3 cm³/mol. The molecule has 1 aliphatic rings. The molecule has 1 fully saturated rings. The maximum absolute atomic E-state index is 9.35. The van der Waals surface area contributed by atoms with Gasteiger partial charge in [-0.05, 0) is 49.9 Å². The van der Waals surface area contributed by atoms with Gasteiger partial charge in [-0.25, -0.2) is 4.98 Å². The van der Waals surface area contributed by atoms with E-state index in [1.165, 1.54) is 12.8 Å². The van der Waals surface area contributed by atoms with Crippen LogP contribution in [0.2, 0.25) is 0 Å². The largest absolute Gasteiger partial charge is 0.395 e. The highest BCUT2D eigenvalue weighted by Crippen LogP contribution is 2.25. The molecule has 0 spiro atoms. The highest BCUT2D eigenvalue weighted by Gasteiger charge is 2.22. The molecular weight excluding hydrogens is 262 g/mol. The van der Waals surface area contributed by atoms with Crippen molar-refractivity contribution in [1.82, 2.24) is 14.9 Å². The van der Waals surface area contributed by atoms with E-state index < -0.39 is 0 Å². The van der Waals surface area contributed by atoms with E-state index >= 15 is 0 Å².